The van der Waals surface area contributed by atoms with Gasteiger partial charge in [-0.15, -0.1) is 11.3 Å². The fourth-order valence-corrected chi connectivity index (χ4v) is 3.42. The number of benzene rings is 2. The zero-order valence-electron chi connectivity index (χ0n) is 14.7. The second kappa shape index (κ2) is 7.59. The van der Waals surface area contributed by atoms with Crippen molar-refractivity contribution < 1.29 is 24.5 Å². The van der Waals surface area contributed by atoms with Gasteiger partial charge in [0.1, 0.15) is 16.3 Å². The van der Waals surface area contributed by atoms with Crippen LogP contribution in [0.1, 0.15) is 15.4 Å². The van der Waals surface area contributed by atoms with E-state index in [4.69, 9.17) is 14.6 Å². The predicted molar refractivity (Wildman–Crippen MR) is 109 cm³/mol. The number of aromatic hydroxyl groups is 1. The SMILES string of the molecule is [N-]=C=C(C=Nc1ccc(O)c(C(=O)O)c1)c1nc(-c2ccc3c(c2)OCO3)cs1. The maximum Gasteiger partial charge on any atom is 0.339 e. The van der Waals surface area contributed by atoms with Crippen molar-refractivity contribution in [2.75, 3.05) is 6.79 Å². The van der Waals surface area contributed by atoms with Crippen LogP contribution in [-0.4, -0.2) is 40.0 Å². The van der Waals surface area contributed by atoms with Crippen LogP contribution in [-0.2, 0) is 0 Å². The van der Waals surface area contributed by atoms with Crippen molar-refractivity contribution in [1.29, 1.82) is 0 Å². The van der Waals surface area contributed by atoms with Crippen LogP contribution in [0, 0.1) is 0 Å². The number of fused-ring (bicyclic) bond motifs is 1. The van der Waals surface area contributed by atoms with E-state index in [1.165, 1.54) is 35.8 Å². The Morgan fingerprint density at radius 2 is 2.07 bits per heavy atom. The molecule has 4 rings (SSSR count). The van der Waals surface area contributed by atoms with Crippen molar-refractivity contribution in [2.45, 2.75) is 0 Å². The summed E-state index contributed by atoms with van der Waals surface area (Å²) < 4.78 is 10.7. The minimum Gasteiger partial charge on any atom is -0.763 e. The van der Waals surface area contributed by atoms with Crippen molar-refractivity contribution in [3.05, 3.63) is 57.8 Å². The number of aromatic nitrogens is 1. The topological polar surface area (TPSA) is 124 Å². The average Bonchev–Trinajstić information content (AvgIpc) is 3.38. The van der Waals surface area contributed by atoms with E-state index in [0.29, 0.717) is 27.9 Å². The van der Waals surface area contributed by atoms with Gasteiger partial charge in [-0.1, -0.05) is 0 Å². The molecule has 2 heterocycles. The molecule has 0 bridgehead atoms. The largest absolute Gasteiger partial charge is 0.763 e. The maximum absolute atomic E-state index is 11.1. The Labute approximate surface area is 168 Å². The van der Waals surface area contributed by atoms with E-state index in [1.807, 2.05) is 23.4 Å². The van der Waals surface area contributed by atoms with Crippen LogP contribution >= 0.6 is 11.3 Å². The minimum absolute atomic E-state index is 0.185. The average molecular weight is 406 g/mol. The van der Waals surface area contributed by atoms with Crippen LogP contribution in [0.15, 0.2) is 46.8 Å². The summed E-state index contributed by atoms with van der Waals surface area (Å²) in [6, 6.07) is 9.40. The van der Waals surface area contributed by atoms with Crippen molar-refractivity contribution in [3.8, 4) is 28.5 Å². The summed E-state index contributed by atoms with van der Waals surface area (Å²) in [5.74, 6) is 1.75. The number of rotatable bonds is 5. The van der Waals surface area contributed by atoms with E-state index < -0.39 is 5.97 Å². The molecular formula is C20H12N3O5S-. The van der Waals surface area contributed by atoms with Gasteiger partial charge < -0.3 is 25.1 Å². The van der Waals surface area contributed by atoms with E-state index in [0.717, 1.165) is 5.56 Å². The molecule has 0 atom stereocenters. The lowest BCUT2D eigenvalue weighted by molar-refractivity contribution is 0.0693. The lowest BCUT2D eigenvalue weighted by Crippen LogP contribution is -1.96. The van der Waals surface area contributed by atoms with Crippen LogP contribution in [0.5, 0.6) is 17.2 Å². The first-order chi connectivity index (χ1) is 14.0. The molecule has 0 saturated heterocycles. The second-order valence-corrected chi connectivity index (χ2v) is 6.75. The Morgan fingerprint density at radius 1 is 1.24 bits per heavy atom. The third kappa shape index (κ3) is 3.73. The standard InChI is InChI=1S/C20H12N3O5S/c21-7-12(8-22-13-2-3-16(24)14(6-13)20(25)26)19-23-15(9-29-19)11-1-4-17-18(5-11)28-10-27-17/h1-6,8-9,24H,10H2,(H,25,26)/q-1. The number of hydrogen-bond acceptors (Lipinski definition) is 7. The number of aliphatic imine (C=N–C) groups is 1. The lowest BCUT2D eigenvalue weighted by atomic mass is 10.1. The highest BCUT2D eigenvalue weighted by Gasteiger charge is 2.15. The zero-order chi connectivity index (χ0) is 20.4. The van der Waals surface area contributed by atoms with Crippen LogP contribution < -0.4 is 9.47 Å². The van der Waals surface area contributed by atoms with Crippen LogP contribution in [0.2, 0.25) is 0 Å². The van der Waals surface area contributed by atoms with E-state index in [9.17, 15) is 15.3 Å². The Hall–Kier alpha value is -3.94. The molecule has 0 fully saturated rings. The number of aromatic carboxylic acids is 1. The fraction of sp³-hybridized carbons (Fsp3) is 0.0500. The van der Waals surface area contributed by atoms with Crippen molar-refractivity contribution in [1.82, 2.24) is 4.98 Å². The molecule has 29 heavy (non-hydrogen) atoms. The number of phenols is 1. The Balaban J connectivity index is 1.58. The number of allylic oxidation sites excluding steroid dienone is 1. The van der Waals surface area contributed by atoms with Gasteiger partial charge in [0, 0.05) is 22.7 Å². The minimum atomic E-state index is -1.27. The summed E-state index contributed by atoms with van der Waals surface area (Å²) in [4.78, 5) is 19.7. The van der Waals surface area contributed by atoms with Crippen LogP contribution in [0.4, 0.5) is 5.69 Å². The molecule has 3 aromatic rings. The maximum atomic E-state index is 11.1. The van der Waals surface area contributed by atoms with Gasteiger partial charge in [-0.2, -0.15) is 0 Å². The summed E-state index contributed by atoms with van der Waals surface area (Å²) in [6.07, 6.45) is 1.32. The Kier molecular flexibility index (Phi) is 4.82. The first-order valence-corrected chi connectivity index (χ1v) is 9.16. The van der Waals surface area contributed by atoms with Crippen molar-refractivity contribution in [2.24, 2.45) is 4.99 Å². The molecule has 2 aromatic carbocycles. The van der Waals surface area contributed by atoms with Gasteiger partial charge in [0.25, 0.3) is 0 Å². The van der Waals surface area contributed by atoms with Gasteiger partial charge in [-0.25, -0.2) is 9.78 Å². The normalized spacial score (nSPS) is 12.1. The number of thiazole rings is 1. The summed E-state index contributed by atoms with van der Waals surface area (Å²) in [5, 5.41) is 30.4. The van der Waals surface area contributed by atoms with Gasteiger partial charge >= 0.3 is 5.97 Å². The van der Waals surface area contributed by atoms with E-state index >= 15 is 0 Å². The van der Waals surface area contributed by atoms with Crippen LogP contribution in [0.25, 0.3) is 22.2 Å². The molecule has 0 amide bonds. The zero-order valence-corrected chi connectivity index (χ0v) is 15.5. The number of ether oxygens (including phenoxy) is 2. The molecule has 144 valence electrons. The molecule has 0 aliphatic carbocycles. The molecule has 9 heteroatoms. The molecule has 0 radical (unpaired) electrons. The van der Waals surface area contributed by atoms with E-state index in [-0.39, 0.29) is 23.7 Å². The van der Waals surface area contributed by atoms with Gasteiger partial charge in [0.15, 0.2) is 11.5 Å². The summed E-state index contributed by atoms with van der Waals surface area (Å²) in [5.41, 5.74) is 1.77. The number of carbonyl (C=O) groups is 1. The number of carboxylic acids is 1. The van der Waals surface area contributed by atoms with E-state index in [1.54, 1.807) is 6.07 Å². The van der Waals surface area contributed by atoms with Crippen LogP contribution in [0.3, 0.4) is 0 Å². The van der Waals surface area contributed by atoms with Gasteiger partial charge in [0.2, 0.25) is 6.79 Å². The summed E-state index contributed by atoms with van der Waals surface area (Å²) in [7, 11) is 0. The highest BCUT2D eigenvalue weighted by molar-refractivity contribution is 7.11. The van der Waals surface area contributed by atoms with Gasteiger partial charge in [0.05, 0.1) is 11.4 Å². The monoisotopic (exact) mass is 406 g/mol. The quantitative estimate of drug-likeness (QED) is 0.618. The molecule has 2 N–H and O–H groups in total. The predicted octanol–water partition coefficient (Wildman–Crippen LogP) is 3.97. The molecule has 1 aliphatic heterocycles. The number of carboxylic acid groups (broad SMARTS) is 1. The lowest BCUT2D eigenvalue weighted by Gasteiger charge is -2.01. The third-order valence-electron chi connectivity index (χ3n) is 4.08. The molecule has 1 aromatic heterocycles. The highest BCUT2D eigenvalue weighted by Crippen LogP contribution is 2.36. The summed E-state index contributed by atoms with van der Waals surface area (Å²) >= 11 is 1.29. The van der Waals surface area contributed by atoms with Gasteiger partial charge in [-0.05, 0) is 36.4 Å². The molecule has 0 spiro atoms. The molecule has 1 aliphatic rings. The highest BCUT2D eigenvalue weighted by atomic mass is 32.1. The van der Waals surface area contributed by atoms with Crippen molar-refractivity contribution in [3.63, 3.8) is 0 Å². The second-order valence-electron chi connectivity index (χ2n) is 5.90. The molecule has 0 unspecified atom stereocenters. The van der Waals surface area contributed by atoms with Crippen molar-refractivity contribution >= 4 is 40.7 Å². The molecule has 0 saturated carbocycles. The fourth-order valence-electron chi connectivity index (χ4n) is 2.63. The Morgan fingerprint density at radius 3 is 2.86 bits per heavy atom. The third-order valence-corrected chi connectivity index (χ3v) is 4.95. The smallest absolute Gasteiger partial charge is 0.339 e. The number of hydrogen-bond donors (Lipinski definition) is 2. The number of nitrogens with zero attached hydrogens (tertiary/aromatic N) is 3. The molecular weight excluding hydrogens is 394 g/mol. The summed E-state index contributed by atoms with van der Waals surface area (Å²) in [6.45, 7) is 0.185. The first kappa shape index (κ1) is 18.4. The van der Waals surface area contributed by atoms with Gasteiger partial charge in [-0.3, -0.25) is 10.9 Å². The van der Waals surface area contributed by atoms with E-state index in [2.05, 4.69) is 9.98 Å². The first-order valence-electron chi connectivity index (χ1n) is 8.28. The molecule has 8 nitrogen and oxygen atoms in total. The Bertz CT molecular complexity index is 1190.